The van der Waals surface area contributed by atoms with E-state index >= 15 is 0 Å². The first-order valence-electron chi connectivity index (χ1n) is 12.2. The van der Waals surface area contributed by atoms with Crippen molar-refractivity contribution in [1.82, 2.24) is 14.7 Å². The number of hydrogen-bond acceptors (Lipinski definition) is 3. The molecule has 1 heterocycles. The van der Waals surface area contributed by atoms with Gasteiger partial charge >= 0.3 is 0 Å². The van der Waals surface area contributed by atoms with E-state index in [2.05, 4.69) is 38.1 Å². The number of rotatable bonds is 11. The molecule has 0 spiro atoms. The molecule has 0 unspecified atom stereocenters. The van der Waals surface area contributed by atoms with Gasteiger partial charge in [0, 0.05) is 30.6 Å². The summed E-state index contributed by atoms with van der Waals surface area (Å²) in [5.74, 6) is 0.551. The van der Waals surface area contributed by atoms with Crippen molar-refractivity contribution in [3.05, 3.63) is 47.2 Å². The van der Waals surface area contributed by atoms with E-state index in [1.165, 1.54) is 31.2 Å². The molecule has 33 heavy (non-hydrogen) atoms. The molecule has 0 fully saturated rings. The van der Waals surface area contributed by atoms with Crippen molar-refractivity contribution in [3.8, 4) is 0 Å². The monoisotopic (exact) mass is 454 g/mol. The normalized spacial score (nSPS) is 11.6. The molecule has 1 aromatic carbocycles. The Bertz CT molecular complexity index is 907. The Morgan fingerprint density at radius 2 is 1.76 bits per heavy atom. The molecule has 0 radical (unpaired) electrons. The molecule has 0 bridgehead atoms. The average Bonchev–Trinajstić information content (AvgIpc) is 3.11. The standard InChI is InChI=1S/C27H42N4O2/c1-8-9-10-11-12-21-13-15-22(16-14-21)26(33)31(18-20(2)3)19-25(32)28-24-17-23(27(4,5)6)29-30(24)7/h13-17,20H,8-12,18-19H2,1-7H3,(H,28,32). The van der Waals surface area contributed by atoms with Crippen molar-refractivity contribution in [3.63, 3.8) is 0 Å². The fraction of sp³-hybridized carbons (Fsp3) is 0.593. The Hall–Kier alpha value is -2.63. The summed E-state index contributed by atoms with van der Waals surface area (Å²) in [4.78, 5) is 27.7. The SMILES string of the molecule is CCCCCCc1ccc(C(=O)N(CC(=O)Nc2cc(C(C)(C)C)nn2C)CC(C)C)cc1. The van der Waals surface area contributed by atoms with E-state index in [9.17, 15) is 9.59 Å². The van der Waals surface area contributed by atoms with Crippen molar-refractivity contribution in [1.29, 1.82) is 0 Å². The van der Waals surface area contributed by atoms with Gasteiger partial charge in [0.2, 0.25) is 5.91 Å². The van der Waals surface area contributed by atoms with Gasteiger partial charge < -0.3 is 10.2 Å². The van der Waals surface area contributed by atoms with Crippen LogP contribution in [0.2, 0.25) is 0 Å². The Labute approximate surface area is 199 Å². The number of anilines is 1. The van der Waals surface area contributed by atoms with Crippen LogP contribution < -0.4 is 5.32 Å². The summed E-state index contributed by atoms with van der Waals surface area (Å²) in [6.45, 7) is 13.1. The number of amides is 2. The zero-order valence-corrected chi connectivity index (χ0v) is 21.6. The Morgan fingerprint density at radius 1 is 1.09 bits per heavy atom. The number of unbranched alkanes of at least 4 members (excludes halogenated alkanes) is 3. The number of nitrogens with one attached hydrogen (secondary N) is 1. The molecule has 2 rings (SSSR count). The number of aromatic nitrogens is 2. The van der Waals surface area contributed by atoms with Gasteiger partial charge in [-0.25, -0.2) is 0 Å². The van der Waals surface area contributed by atoms with Gasteiger partial charge in [-0.15, -0.1) is 0 Å². The minimum absolute atomic E-state index is 0.00577. The van der Waals surface area contributed by atoms with E-state index in [0.717, 1.165) is 12.1 Å². The van der Waals surface area contributed by atoms with Crippen LogP contribution in [-0.2, 0) is 23.7 Å². The number of nitrogens with zero attached hydrogens (tertiary/aromatic N) is 3. The Balaban J connectivity index is 2.05. The van der Waals surface area contributed by atoms with Crippen molar-refractivity contribution in [2.75, 3.05) is 18.4 Å². The van der Waals surface area contributed by atoms with Gasteiger partial charge in [-0.2, -0.15) is 5.10 Å². The van der Waals surface area contributed by atoms with Gasteiger partial charge in [0.25, 0.3) is 5.91 Å². The summed E-state index contributed by atoms with van der Waals surface area (Å²) < 4.78 is 1.67. The van der Waals surface area contributed by atoms with Gasteiger partial charge in [-0.1, -0.05) is 72.9 Å². The van der Waals surface area contributed by atoms with Gasteiger partial charge in [-0.05, 0) is 36.5 Å². The fourth-order valence-electron chi connectivity index (χ4n) is 3.72. The lowest BCUT2D eigenvalue weighted by molar-refractivity contribution is -0.117. The van der Waals surface area contributed by atoms with Crippen molar-refractivity contribution < 1.29 is 9.59 Å². The van der Waals surface area contributed by atoms with Crippen LogP contribution in [0, 0.1) is 5.92 Å². The number of carbonyl (C=O) groups is 2. The molecule has 0 aliphatic carbocycles. The third-order valence-electron chi connectivity index (χ3n) is 5.64. The molecule has 0 atom stereocenters. The Morgan fingerprint density at radius 3 is 2.30 bits per heavy atom. The van der Waals surface area contributed by atoms with Crippen molar-refractivity contribution in [2.24, 2.45) is 13.0 Å². The van der Waals surface area contributed by atoms with E-state index in [1.807, 2.05) is 51.2 Å². The lowest BCUT2D eigenvalue weighted by atomic mass is 9.92. The molecule has 0 aliphatic heterocycles. The first kappa shape index (κ1) is 26.6. The molecular weight excluding hydrogens is 412 g/mol. The largest absolute Gasteiger partial charge is 0.329 e. The summed E-state index contributed by atoms with van der Waals surface area (Å²) in [6, 6.07) is 9.75. The highest BCUT2D eigenvalue weighted by molar-refractivity contribution is 5.99. The second kappa shape index (κ2) is 12.0. The molecule has 1 aromatic heterocycles. The summed E-state index contributed by atoms with van der Waals surface area (Å²) in [7, 11) is 1.81. The van der Waals surface area contributed by atoms with Crippen LogP contribution in [0.3, 0.4) is 0 Å². The zero-order chi connectivity index (χ0) is 24.6. The van der Waals surface area contributed by atoms with Gasteiger partial charge in [0.05, 0.1) is 5.69 Å². The lowest BCUT2D eigenvalue weighted by Gasteiger charge is -2.24. The van der Waals surface area contributed by atoms with E-state index in [-0.39, 0.29) is 29.7 Å². The summed E-state index contributed by atoms with van der Waals surface area (Å²) in [6.07, 6.45) is 5.94. The molecule has 0 aliphatic rings. The molecule has 0 saturated carbocycles. The van der Waals surface area contributed by atoms with Crippen LogP contribution in [0.25, 0.3) is 0 Å². The number of aryl methyl sites for hydroxylation is 2. The number of benzene rings is 1. The van der Waals surface area contributed by atoms with E-state index in [0.29, 0.717) is 17.9 Å². The quantitative estimate of drug-likeness (QED) is 0.451. The molecule has 1 N–H and O–H groups in total. The van der Waals surface area contributed by atoms with Gasteiger partial charge in [0.15, 0.2) is 0 Å². The maximum atomic E-state index is 13.2. The maximum absolute atomic E-state index is 13.2. The molecule has 2 amide bonds. The predicted octanol–water partition coefficient (Wildman–Crippen LogP) is 5.58. The summed E-state index contributed by atoms with van der Waals surface area (Å²) >= 11 is 0. The van der Waals surface area contributed by atoms with Crippen LogP contribution in [0.1, 0.15) is 88.8 Å². The van der Waals surface area contributed by atoms with Gasteiger partial charge in [-0.3, -0.25) is 14.3 Å². The second-order valence-corrected chi connectivity index (χ2v) is 10.4. The number of hydrogen-bond donors (Lipinski definition) is 1. The van der Waals surface area contributed by atoms with Crippen LogP contribution in [-0.4, -0.2) is 39.6 Å². The molecule has 6 heteroatoms. The van der Waals surface area contributed by atoms with E-state index in [1.54, 1.807) is 9.58 Å². The first-order valence-corrected chi connectivity index (χ1v) is 12.2. The fourth-order valence-corrected chi connectivity index (χ4v) is 3.72. The predicted molar refractivity (Wildman–Crippen MR) is 136 cm³/mol. The third-order valence-corrected chi connectivity index (χ3v) is 5.64. The highest BCUT2D eigenvalue weighted by Gasteiger charge is 2.23. The van der Waals surface area contributed by atoms with Crippen LogP contribution in [0.15, 0.2) is 30.3 Å². The minimum atomic E-state index is -0.222. The summed E-state index contributed by atoms with van der Waals surface area (Å²) in [5, 5.41) is 7.43. The van der Waals surface area contributed by atoms with Gasteiger partial charge in [0.1, 0.15) is 12.4 Å². The Kier molecular flexibility index (Phi) is 9.69. The smallest absolute Gasteiger partial charge is 0.254 e. The van der Waals surface area contributed by atoms with Crippen LogP contribution >= 0.6 is 0 Å². The molecule has 0 saturated heterocycles. The molecular formula is C27H42N4O2. The highest BCUT2D eigenvalue weighted by atomic mass is 16.2. The number of carbonyl (C=O) groups excluding carboxylic acids is 2. The zero-order valence-electron chi connectivity index (χ0n) is 21.6. The van der Waals surface area contributed by atoms with Crippen LogP contribution in [0.5, 0.6) is 0 Å². The topological polar surface area (TPSA) is 67.2 Å². The second-order valence-electron chi connectivity index (χ2n) is 10.4. The highest BCUT2D eigenvalue weighted by Crippen LogP contribution is 2.23. The third kappa shape index (κ3) is 8.34. The summed E-state index contributed by atoms with van der Waals surface area (Å²) in [5.41, 5.74) is 2.67. The molecule has 6 nitrogen and oxygen atoms in total. The maximum Gasteiger partial charge on any atom is 0.254 e. The van der Waals surface area contributed by atoms with Crippen molar-refractivity contribution in [2.45, 2.75) is 79.1 Å². The van der Waals surface area contributed by atoms with Crippen LogP contribution in [0.4, 0.5) is 5.82 Å². The average molecular weight is 455 g/mol. The molecule has 2 aromatic rings. The minimum Gasteiger partial charge on any atom is -0.329 e. The van der Waals surface area contributed by atoms with E-state index < -0.39 is 0 Å². The van der Waals surface area contributed by atoms with E-state index in [4.69, 9.17) is 0 Å². The van der Waals surface area contributed by atoms with Crippen molar-refractivity contribution >= 4 is 17.6 Å². The molecule has 182 valence electrons. The first-order chi connectivity index (χ1) is 15.5. The lowest BCUT2D eigenvalue weighted by Crippen LogP contribution is -2.40.